The molecule has 0 aliphatic carbocycles. The summed E-state index contributed by atoms with van der Waals surface area (Å²) in [6.07, 6.45) is 6.78. The Balaban J connectivity index is 0.000000701. The Morgan fingerprint density at radius 3 is 3.16 bits per heavy atom. The van der Waals surface area contributed by atoms with Gasteiger partial charge in [-0.3, -0.25) is 4.79 Å². The number of nitrogens with two attached hydrogens (primary N) is 1. The third kappa shape index (κ3) is 5.33. The molecule has 0 bridgehead atoms. The van der Waals surface area contributed by atoms with Gasteiger partial charge in [-0.05, 0) is 31.2 Å². The molecule has 136 valence electrons. The first kappa shape index (κ1) is 18.5. The highest BCUT2D eigenvalue weighted by Crippen LogP contribution is 2.20. The summed E-state index contributed by atoms with van der Waals surface area (Å²) in [6, 6.07) is 1.91. The molecule has 2 aromatic heterocycles. The number of likely N-dealkylation sites (tertiary alicyclic amines) is 1. The van der Waals surface area contributed by atoms with E-state index >= 15 is 0 Å². The summed E-state index contributed by atoms with van der Waals surface area (Å²) in [6.45, 7) is 2.40. The Labute approximate surface area is 145 Å². The van der Waals surface area contributed by atoms with E-state index in [2.05, 4.69) is 26.0 Å². The smallest absolute Gasteiger partial charge is 0.409 e. The van der Waals surface area contributed by atoms with Gasteiger partial charge in [0.05, 0.1) is 13.3 Å². The maximum absolute atomic E-state index is 11.6. The largest absolute Gasteiger partial charge is 0.453 e. The minimum atomic E-state index is -0.221. The number of primary amides is 1. The van der Waals surface area contributed by atoms with Gasteiger partial charge in [0.15, 0.2) is 5.65 Å². The number of anilines is 1. The molecule has 1 fully saturated rings. The van der Waals surface area contributed by atoms with Crippen LogP contribution in [0.1, 0.15) is 19.3 Å². The number of amides is 2. The van der Waals surface area contributed by atoms with Gasteiger partial charge in [-0.15, -0.1) is 0 Å². The van der Waals surface area contributed by atoms with Crippen molar-refractivity contribution >= 4 is 29.5 Å². The Bertz CT molecular complexity index is 689. The zero-order valence-corrected chi connectivity index (χ0v) is 14.3. The van der Waals surface area contributed by atoms with Crippen LogP contribution in [0.25, 0.3) is 11.2 Å². The summed E-state index contributed by atoms with van der Waals surface area (Å²) >= 11 is 0. The van der Waals surface area contributed by atoms with Crippen molar-refractivity contribution in [2.45, 2.75) is 19.3 Å². The van der Waals surface area contributed by atoms with Crippen molar-refractivity contribution in [1.29, 1.82) is 0 Å². The van der Waals surface area contributed by atoms with Gasteiger partial charge in [-0.25, -0.2) is 14.8 Å². The fourth-order valence-corrected chi connectivity index (χ4v) is 2.92. The van der Waals surface area contributed by atoms with Crippen molar-refractivity contribution < 1.29 is 14.3 Å². The number of carbonyl (C=O) groups is 2. The Morgan fingerprint density at radius 1 is 1.60 bits per heavy atom. The molecule has 0 aromatic carbocycles. The zero-order valence-electron chi connectivity index (χ0n) is 14.3. The molecule has 1 aliphatic heterocycles. The minimum absolute atomic E-state index is 0.221. The second-order valence-electron chi connectivity index (χ2n) is 5.74. The molecule has 0 radical (unpaired) electrons. The standard InChI is InChI=1S/C15H21N5O2.CH3NO/c1-22-15(21)20-8-2-3-11(10-20)4-6-16-13-9-18-14-12(19-13)5-7-17-14;2-1-3/h5,7,9,11H,2-4,6,8,10H2,1H3,(H,16,19)(H,17,18);1H,(H2,2,3). The maximum atomic E-state index is 11.6. The van der Waals surface area contributed by atoms with Gasteiger partial charge in [-0.1, -0.05) is 0 Å². The van der Waals surface area contributed by atoms with E-state index in [0.717, 1.165) is 55.9 Å². The second-order valence-corrected chi connectivity index (χ2v) is 5.74. The summed E-state index contributed by atoms with van der Waals surface area (Å²) in [5.74, 6) is 1.29. The first-order valence-electron chi connectivity index (χ1n) is 8.20. The zero-order chi connectivity index (χ0) is 18.1. The molecule has 1 aliphatic rings. The van der Waals surface area contributed by atoms with Crippen molar-refractivity contribution in [3.05, 3.63) is 18.5 Å². The van der Waals surface area contributed by atoms with Crippen LogP contribution in [0.3, 0.4) is 0 Å². The maximum Gasteiger partial charge on any atom is 0.409 e. The number of aromatic nitrogens is 3. The van der Waals surface area contributed by atoms with Crippen LogP contribution in [0.5, 0.6) is 0 Å². The molecule has 0 spiro atoms. The van der Waals surface area contributed by atoms with Crippen molar-refractivity contribution in [1.82, 2.24) is 19.9 Å². The SMILES string of the molecule is COC(=O)N1CCCC(CCNc2cnc3[nH]ccc3n2)C1.NC=O. The van der Waals surface area contributed by atoms with Crippen LogP contribution in [0.4, 0.5) is 10.6 Å². The number of H-pyrrole nitrogens is 1. The highest BCUT2D eigenvalue weighted by atomic mass is 16.5. The number of piperidine rings is 1. The second kappa shape index (κ2) is 9.45. The van der Waals surface area contributed by atoms with Gasteiger partial charge in [-0.2, -0.15) is 0 Å². The van der Waals surface area contributed by atoms with Crippen LogP contribution in [-0.4, -0.2) is 59.1 Å². The van der Waals surface area contributed by atoms with Crippen LogP contribution in [0.2, 0.25) is 0 Å². The average molecular weight is 348 g/mol. The highest BCUT2D eigenvalue weighted by molar-refractivity contribution is 5.71. The molecule has 25 heavy (non-hydrogen) atoms. The number of nitrogens with one attached hydrogen (secondary N) is 2. The van der Waals surface area contributed by atoms with E-state index in [-0.39, 0.29) is 12.5 Å². The lowest BCUT2D eigenvalue weighted by molar-refractivity contribution is -0.106. The lowest BCUT2D eigenvalue weighted by atomic mass is 9.95. The lowest BCUT2D eigenvalue weighted by Gasteiger charge is -2.31. The van der Waals surface area contributed by atoms with Crippen molar-refractivity contribution in [2.75, 3.05) is 32.1 Å². The molecule has 3 rings (SSSR count). The van der Waals surface area contributed by atoms with Gasteiger partial charge >= 0.3 is 6.09 Å². The van der Waals surface area contributed by atoms with Crippen molar-refractivity contribution in [3.63, 3.8) is 0 Å². The first-order chi connectivity index (χ1) is 12.2. The van der Waals surface area contributed by atoms with Gasteiger partial charge in [0.2, 0.25) is 6.41 Å². The summed E-state index contributed by atoms with van der Waals surface area (Å²) in [5.41, 5.74) is 5.83. The molecule has 2 amide bonds. The van der Waals surface area contributed by atoms with E-state index in [1.807, 2.05) is 12.3 Å². The fraction of sp³-hybridized carbons (Fsp3) is 0.500. The molecule has 1 saturated heterocycles. The Kier molecular flexibility index (Phi) is 7.00. The molecule has 2 aromatic rings. The van der Waals surface area contributed by atoms with E-state index in [0.29, 0.717) is 5.92 Å². The minimum Gasteiger partial charge on any atom is -0.453 e. The average Bonchev–Trinajstić information content (AvgIpc) is 3.10. The lowest BCUT2D eigenvalue weighted by Crippen LogP contribution is -2.40. The van der Waals surface area contributed by atoms with Crippen LogP contribution in [0.15, 0.2) is 18.5 Å². The predicted molar refractivity (Wildman–Crippen MR) is 93.9 cm³/mol. The van der Waals surface area contributed by atoms with Crippen LogP contribution in [0, 0.1) is 5.92 Å². The number of rotatable bonds is 4. The molecule has 1 unspecified atom stereocenters. The predicted octanol–water partition coefficient (Wildman–Crippen LogP) is 1.34. The van der Waals surface area contributed by atoms with E-state index in [1.54, 1.807) is 11.1 Å². The summed E-state index contributed by atoms with van der Waals surface area (Å²) in [7, 11) is 1.43. The Hall–Kier alpha value is -2.84. The van der Waals surface area contributed by atoms with E-state index < -0.39 is 0 Å². The van der Waals surface area contributed by atoms with Crippen LogP contribution in [-0.2, 0) is 9.53 Å². The first-order valence-corrected chi connectivity index (χ1v) is 8.20. The summed E-state index contributed by atoms with van der Waals surface area (Å²) < 4.78 is 4.80. The molecule has 1 atom stereocenters. The molecule has 3 heterocycles. The Morgan fingerprint density at radius 2 is 2.40 bits per heavy atom. The van der Waals surface area contributed by atoms with E-state index in [4.69, 9.17) is 9.53 Å². The van der Waals surface area contributed by atoms with Gasteiger partial charge < -0.3 is 25.7 Å². The van der Waals surface area contributed by atoms with Crippen LogP contribution < -0.4 is 11.1 Å². The number of aromatic amines is 1. The number of carbonyl (C=O) groups excluding carboxylic acids is 2. The number of methoxy groups -OCH3 is 1. The van der Waals surface area contributed by atoms with Gasteiger partial charge in [0.25, 0.3) is 0 Å². The topological polar surface area (TPSA) is 126 Å². The van der Waals surface area contributed by atoms with Crippen LogP contribution >= 0.6 is 0 Å². The van der Waals surface area contributed by atoms with Crippen molar-refractivity contribution in [2.24, 2.45) is 11.7 Å². The molecule has 9 nitrogen and oxygen atoms in total. The quantitative estimate of drug-likeness (QED) is 0.716. The molecular weight excluding hydrogens is 324 g/mol. The van der Waals surface area contributed by atoms with Crippen molar-refractivity contribution in [3.8, 4) is 0 Å². The third-order valence-electron chi connectivity index (χ3n) is 4.07. The normalized spacial score (nSPS) is 16.7. The molecule has 4 N–H and O–H groups in total. The van der Waals surface area contributed by atoms with Gasteiger partial charge in [0, 0.05) is 25.8 Å². The number of hydrogen-bond donors (Lipinski definition) is 3. The van der Waals surface area contributed by atoms with E-state index in [9.17, 15) is 4.79 Å². The monoisotopic (exact) mass is 348 g/mol. The fourth-order valence-electron chi connectivity index (χ4n) is 2.92. The summed E-state index contributed by atoms with van der Waals surface area (Å²) in [4.78, 5) is 33.8. The summed E-state index contributed by atoms with van der Waals surface area (Å²) in [5, 5.41) is 3.31. The van der Waals surface area contributed by atoms with E-state index in [1.165, 1.54) is 7.11 Å². The number of hydrogen-bond acceptors (Lipinski definition) is 6. The highest BCUT2D eigenvalue weighted by Gasteiger charge is 2.23. The third-order valence-corrected chi connectivity index (χ3v) is 4.07. The molecule has 0 saturated carbocycles. The molecular formula is C16H24N6O3. The number of nitrogens with zero attached hydrogens (tertiary/aromatic N) is 3. The van der Waals surface area contributed by atoms with Gasteiger partial charge in [0.1, 0.15) is 11.3 Å². The number of ether oxygens (including phenoxy) is 1. The number of fused-ring (bicyclic) bond motifs is 1. The molecule has 9 heteroatoms.